The highest BCUT2D eigenvalue weighted by Gasteiger charge is 2.33. The van der Waals surface area contributed by atoms with Gasteiger partial charge in [0.2, 0.25) is 10.0 Å². The summed E-state index contributed by atoms with van der Waals surface area (Å²) in [7, 11) is -3.98. The summed E-state index contributed by atoms with van der Waals surface area (Å²) >= 11 is 0. The second-order valence-corrected chi connectivity index (χ2v) is 6.01. The van der Waals surface area contributed by atoms with E-state index in [1.54, 1.807) is 6.07 Å². The number of hydrogen-bond donors (Lipinski definition) is 1. The molecule has 0 amide bonds. The Kier molecular flexibility index (Phi) is 4.06. The Balaban J connectivity index is 2.50. The summed E-state index contributed by atoms with van der Waals surface area (Å²) in [4.78, 5) is -0.165. The molecule has 0 heterocycles. The van der Waals surface area contributed by atoms with Gasteiger partial charge in [-0.05, 0) is 29.7 Å². The van der Waals surface area contributed by atoms with Crippen molar-refractivity contribution in [2.45, 2.75) is 17.5 Å². The first-order chi connectivity index (χ1) is 9.69. The van der Waals surface area contributed by atoms with Gasteiger partial charge in [-0.25, -0.2) is 13.6 Å². The van der Waals surface area contributed by atoms with Crippen molar-refractivity contribution in [3.05, 3.63) is 65.2 Å². The molecule has 2 aromatic rings. The lowest BCUT2D eigenvalue weighted by Gasteiger charge is -2.14. The van der Waals surface area contributed by atoms with Gasteiger partial charge in [0, 0.05) is 0 Å². The number of alkyl halides is 3. The van der Waals surface area contributed by atoms with E-state index >= 15 is 0 Å². The van der Waals surface area contributed by atoms with E-state index in [0.29, 0.717) is 0 Å². The third kappa shape index (κ3) is 3.62. The van der Waals surface area contributed by atoms with Crippen LogP contribution in [0.15, 0.2) is 53.4 Å². The number of nitrogens with two attached hydrogens (primary N) is 1. The number of halogens is 3. The summed E-state index contributed by atoms with van der Waals surface area (Å²) in [6.07, 6.45) is -4.66. The maximum Gasteiger partial charge on any atom is 0.416 e. The van der Waals surface area contributed by atoms with Crippen LogP contribution in [0, 0.1) is 0 Å². The van der Waals surface area contributed by atoms with Crippen molar-refractivity contribution in [3.63, 3.8) is 0 Å². The predicted molar refractivity (Wildman–Crippen MR) is 72.1 cm³/mol. The van der Waals surface area contributed by atoms with Crippen molar-refractivity contribution in [1.82, 2.24) is 0 Å². The van der Waals surface area contributed by atoms with Crippen LogP contribution in [0.4, 0.5) is 13.2 Å². The highest BCUT2D eigenvalue weighted by atomic mass is 32.2. The standard InChI is InChI=1S/C14H12F3NO2S/c15-14(16,17)12-7-3-1-5-10(12)9-11-6-2-4-8-13(11)21(18,19)20/h1-8H,9H2,(H2,18,19,20). The van der Waals surface area contributed by atoms with Crippen LogP contribution in [-0.4, -0.2) is 8.42 Å². The van der Waals surface area contributed by atoms with Crippen LogP contribution >= 0.6 is 0 Å². The molecule has 0 aliphatic heterocycles. The van der Waals surface area contributed by atoms with Crippen LogP contribution in [0.1, 0.15) is 16.7 Å². The lowest BCUT2D eigenvalue weighted by molar-refractivity contribution is -0.138. The molecule has 0 saturated carbocycles. The number of hydrogen-bond acceptors (Lipinski definition) is 2. The average molecular weight is 315 g/mol. The topological polar surface area (TPSA) is 60.2 Å². The molecule has 7 heteroatoms. The Hall–Kier alpha value is -1.86. The summed E-state index contributed by atoms with van der Waals surface area (Å²) in [5, 5.41) is 5.09. The molecular formula is C14H12F3NO2S. The minimum atomic E-state index is -4.49. The zero-order valence-electron chi connectivity index (χ0n) is 10.8. The van der Waals surface area contributed by atoms with Gasteiger partial charge >= 0.3 is 6.18 Å². The maximum absolute atomic E-state index is 12.9. The molecule has 3 nitrogen and oxygen atoms in total. The first-order valence-corrected chi connectivity index (χ1v) is 7.50. The molecule has 0 fully saturated rings. The van der Waals surface area contributed by atoms with Crippen molar-refractivity contribution in [2.75, 3.05) is 0 Å². The minimum Gasteiger partial charge on any atom is -0.225 e. The number of rotatable bonds is 3. The van der Waals surface area contributed by atoms with Crippen LogP contribution in [-0.2, 0) is 22.6 Å². The summed E-state index contributed by atoms with van der Waals surface area (Å²) in [6, 6.07) is 10.8. The second-order valence-electron chi connectivity index (χ2n) is 4.48. The van der Waals surface area contributed by atoms with Crippen LogP contribution < -0.4 is 5.14 Å². The zero-order chi connectivity index (χ0) is 15.7. The molecule has 0 aromatic heterocycles. The molecule has 2 rings (SSSR count). The normalized spacial score (nSPS) is 12.4. The molecule has 0 atom stereocenters. The van der Waals surface area contributed by atoms with Gasteiger partial charge in [-0.3, -0.25) is 0 Å². The fourth-order valence-electron chi connectivity index (χ4n) is 2.08. The molecule has 0 saturated heterocycles. The van der Waals surface area contributed by atoms with E-state index < -0.39 is 21.8 Å². The van der Waals surface area contributed by atoms with Gasteiger partial charge < -0.3 is 0 Å². The second kappa shape index (κ2) is 5.50. The Bertz CT molecular complexity index is 755. The zero-order valence-corrected chi connectivity index (χ0v) is 11.6. The maximum atomic E-state index is 12.9. The van der Waals surface area contributed by atoms with E-state index in [1.807, 2.05) is 0 Å². The van der Waals surface area contributed by atoms with Crippen LogP contribution in [0.5, 0.6) is 0 Å². The summed E-state index contributed by atoms with van der Waals surface area (Å²) in [5.41, 5.74) is -0.549. The lowest BCUT2D eigenvalue weighted by Crippen LogP contribution is -2.15. The molecule has 0 aliphatic rings. The molecular weight excluding hydrogens is 303 g/mol. The highest BCUT2D eigenvalue weighted by Crippen LogP contribution is 2.33. The molecule has 2 N–H and O–H groups in total. The smallest absolute Gasteiger partial charge is 0.225 e. The fraction of sp³-hybridized carbons (Fsp3) is 0.143. The molecule has 21 heavy (non-hydrogen) atoms. The van der Waals surface area contributed by atoms with Gasteiger partial charge in [-0.2, -0.15) is 13.2 Å². The Morgan fingerprint density at radius 1 is 0.905 bits per heavy atom. The first kappa shape index (κ1) is 15.5. The van der Waals surface area contributed by atoms with Crippen molar-refractivity contribution >= 4 is 10.0 Å². The molecule has 0 unspecified atom stereocenters. The van der Waals surface area contributed by atoms with Crippen molar-refractivity contribution in [3.8, 4) is 0 Å². The summed E-state index contributed by atoms with van der Waals surface area (Å²) < 4.78 is 61.8. The Morgan fingerprint density at radius 3 is 2.00 bits per heavy atom. The minimum absolute atomic E-state index is 0.00102. The van der Waals surface area contributed by atoms with Crippen molar-refractivity contribution in [2.24, 2.45) is 5.14 Å². The van der Waals surface area contributed by atoms with Gasteiger partial charge in [0.25, 0.3) is 0 Å². The third-order valence-corrected chi connectivity index (χ3v) is 3.99. The largest absolute Gasteiger partial charge is 0.416 e. The van der Waals surface area contributed by atoms with Gasteiger partial charge in [0.05, 0.1) is 10.5 Å². The molecule has 0 radical (unpaired) electrons. The van der Waals surface area contributed by atoms with Gasteiger partial charge in [-0.1, -0.05) is 36.4 Å². The van der Waals surface area contributed by atoms with Crippen LogP contribution in [0.2, 0.25) is 0 Å². The number of benzene rings is 2. The Morgan fingerprint density at radius 2 is 1.43 bits per heavy atom. The van der Waals surface area contributed by atoms with E-state index in [0.717, 1.165) is 6.07 Å². The number of primary sulfonamides is 1. The van der Waals surface area contributed by atoms with Gasteiger partial charge in [0.15, 0.2) is 0 Å². The molecule has 0 spiro atoms. The third-order valence-electron chi connectivity index (χ3n) is 2.98. The van der Waals surface area contributed by atoms with Gasteiger partial charge in [0.1, 0.15) is 0 Å². The average Bonchev–Trinajstić information content (AvgIpc) is 2.37. The van der Waals surface area contributed by atoms with Gasteiger partial charge in [-0.15, -0.1) is 0 Å². The van der Waals surface area contributed by atoms with Crippen LogP contribution in [0.3, 0.4) is 0 Å². The van der Waals surface area contributed by atoms with E-state index in [-0.39, 0.29) is 22.4 Å². The highest BCUT2D eigenvalue weighted by molar-refractivity contribution is 7.89. The summed E-state index contributed by atoms with van der Waals surface area (Å²) in [5.74, 6) is 0. The first-order valence-electron chi connectivity index (χ1n) is 5.95. The molecule has 0 bridgehead atoms. The monoisotopic (exact) mass is 315 g/mol. The molecule has 112 valence electrons. The van der Waals surface area contributed by atoms with E-state index in [4.69, 9.17) is 5.14 Å². The summed E-state index contributed by atoms with van der Waals surface area (Å²) in [6.45, 7) is 0. The van der Waals surface area contributed by atoms with Crippen LogP contribution in [0.25, 0.3) is 0 Å². The van der Waals surface area contributed by atoms with E-state index in [9.17, 15) is 21.6 Å². The quantitative estimate of drug-likeness (QED) is 0.946. The Labute approximate surface area is 120 Å². The molecule has 2 aromatic carbocycles. The SMILES string of the molecule is NS(=O)(=O)c1ccccc1Cc1ccccc1C(F)(F)F. The predicted octanol–water partition coefficient (Wildman–Crippen LogP) is 2.94. The number of sulfonamides is 1. The van der Waals surface area contributed by atoms with E-state index in [2.05, 4.69) is 0 Å². The fourth-order valence-corrected chi connectivity index (χ4v) is 2.86. The van der Waals surface area contributed by atoms with Crippen molar-refractivity contribution in [1.29, 1.82) is 0 Å². The van der Waals surface area contributed by atoms with E-state index in [1.165, 1.54) is 36.4 Å². The lowest BCUT2D eigenvalue weighted by atomic mass is 9.99. The van der Waals surface area contributed by atoms with Crippen molar-refractivity contribution < 1.29 is 21.6 Å². The molecule has 0 aliphatic carbocycles.